The Morgan fingerprint density at radius 1 is 1.31 bits per heavy atom. The number of carbonyl (C=O) groups excluding carboxylic acids is 1. The molecule has 0 atom stereocenters. The van der Waals surface area contributed by atoms with Gasteiger partial charge in [0.25, 0.3) is 0 Å². The quantitative estimate of drug-likeness (QED) is 0.751. The van der Waals surface area contributed by atoms with Crippen molar-refractivity contribution in [3.63, 3.8) is 0 Å². The summed E-state index contributed by atoms with van der Waals surface area (Å²) in [6.07, 6.45) is 1.41. The molecule has 0 radical (unpaired) electrons. The van der Waals surface area contributed by atoms with Gasteiger partial charge in [0.1, 0.15) is 0 Å². The maximum atomic E-state index is 11.9. The summed E-state index contributed by atoms with van der Waals surface area (Å²) in [7, 11) is -3.75. The van der Waals surface area contributed by atoms with Crippen LogP contribution in [0.1, 0.15) is 50.9 Å². The average Bonchev–Trinajstić information content (AvgIpc) is 3.01. The number of nitrogens with zero attached hydrogens (tertiary/aromatic N) is 2. The Balaban J connectivity index is 1.78. The predicted molar refractivity (Wildman–Crippen MR) is 95.6 cm³/mol. The van der Waals surface area contributed by atoms with E-state index >= 15 is 0 Å². The van der Waals surface area contributed by atoms with E-state index in [2.05, 4.69) is 15.5 Å². The number of carbonyl (C=O) groups is 1. The molecule has 1 aromatic heterocycles. The third-order valence-corrected chi connectivity index (χ3v) is 4.56. The maximum Gasteiger partial charge on any atom is 0.238 e. The summed E-state index contributed by atoms with van der Waals surface area (Å²) in [5, 5.41) is 11.8. The highest BCUT2D eigenvalue weighted by molar-refractivity contribution is 7.89. The molecule has 1 amide bonds. The van der Waals surface area contributed by atoms with Crippen LogP contribution in [-0.4, -0.2) is 24.5 Å². The third-order valence-electron chi connectivity index (χ3n) is 3.65. The molecule has 9 heteroatoms. The number of amides is 1. The molecule has 0 aliphatic rings. The SMILES string of the molecule is CC(C)(C)c1noc(CCCC(=O)NCc2cccc(S(N)(=O)=O)c2)n1. The highest BCUT2D eigenvalue weighted by atomic mass is 32.2. The lowest BCUT2D eigenvalue weighted by atomic mass is 9.96. The Hall–Kier alpha value is -2.26. The van der Waals surface area contributed by atoms with Crippen LogP contribution in [-0.2, 0) is 33.2 Å². The summed E-state index contributed by atoms with van der Waals surface area (Å²) in [4.78, 5) is 16.3. The van der Waals surface area contributed by atoms with Gasteiger partial charge in [0.05, 0.1) is 4.90 Å². The van der Waals surface area contributed by atoms with E-state index in [0.717, 1.165) is 0 Å². The van der Waals surface area contributed by atoms with Gasteiger partial charge in [-0.25, -0.2) is 13.6 Å². The number of primary sulfonamides is 1. The zero-order valence-corrected chi connectivity index (χ0v) is 16.0. The average molecular weight is 380 g/mol. The van der Waals surface area contributed by atoms with Gasteiger partial charge < -0.3 is 9.84 Å². The van der Waals surface area contributed by atoms with Crippen molar-refractivity contribution >= 4 is 15.9 Å². The van der Waals surface area contributed by atoms with Crippen LogP contribution < -0.4 is 10.5 Å². The van der Waals surface area contributed by atoms with Crippen LogP contribution in [0.25, 0.3) is 0 Å². The van der Waals surface area contributed by atoms with E-state index < -0.39 is 10.0 Å². The Kier molecular flexibility index (Phi) is 6.14. The van der Waals surface area contributed by atoms with E-state index in [9.17, 15) is 13.2 Å². The molecule has 0 fully saturated rings. The molecule has 0 spiro atoms. The van der Waals surface area contributed by atoms with Gasteiger partial charge in [-0.3, -0.25) is 4.79 Å². The van der Waals surface area contributed by atoms with Crippen LogP contribution in [0.4, 0.5) is 0 Å². The van der Waals surface area contributed by atoms with Crippen molar-refractivity contribution < 1.29 is 17.7 Å². The Labute approximate surface area is 153 Å². The minimum absolute atomic E-state index is 0.0234. The first-order chi connectivity index (χ1) is 12.1. The maximum absolute atomic E-state index is 11.9. The molecule has 2 rings (SSSR count). The van der Waals surface area contributed by atoms with Gasteiger partial charge in [-0.05, 0) is 24.1 Å². The smallest absolute Gasteiger partial charge is 0.238 e. The molecule has 0 bridgehead atoms. The fourth-order valence-electron chi connectivity index (χ4n) is 2.18. The van der Waals surface area contributed by atoms with Gasteiger partial charge in [0.15, 0.2) is 5.82 Å². The van der Waals surface area contributed by atoms with Crippen LogP contribution in [0.15, 0.2) is 33.7 Å². The minimum Gasteiger partial charge on any atom is -0.352 e. The van der Waals surface area contributed by atoms with Crippen molar-refractivity contribution in [1.82, 2.24) is 15.5 Å². The first kappa shape index (κ1) is 20.1. The van der Waals surface area contributed by atoms with Gasteiger partial charge in [-0.15, -0.1) is 0 Å². The van der Waals surface area contributed by atoms with Crippen molar-refractivity contribution in [2.75, 3.05) is 0 Å². The van der Waals surface area contributed by atoms with E-state index in [4.69, 9.17) is 9.66 Å². The summed E-state index contributed by atoms with van der Waals surface area (Å²) in [6, 6.07) is 6.17. The summed E-state index contributed by atoms with van der Waals surface area (Å²) in [6.45, 7) is 6.23. The number of nitrogens with one attached hydrogen (secondary N) is 1. The van der Waals surface area contributed by atoms with E-state index in [0.29, 0.717) is 36.5 Å². The lowest BCUT2D eigenvalue weighted by molar-refractivity contribution is -0.121. The number of rotatable bonds is 7. The molecule has 26 heavy (non-hydrogen) atoms. The topological polar surface area (TPSA) is 128 Å². The number of sulfonamides is 1. The summed E-state index contributed by atoms with van der Waals surface area (Å²) in [5.41, 5.74) is 0.488. The number of aromatic nitrogens is 2. The summed E-state index contributed by atoms with van der Waals surface area (Å²) >= 11 is 0. The highest BCUT2D eigenvalue weighted by Gasteiger charge is 2.20. The van der Waals surface area contributed by atoms with Crippen LogP contribution in [0, 0.1) is 0 Å². The Bertz CT molecular complexity index is 869. The zero-order chi connectivity index (χ0) is 19.4. The fraction of sp³-hybridized carbons (Fsp3) is 0.471. The Morgan fingerprint density at radius 3 is 2.65 bits per heavy atom. The number of benzene rings is 1. The molecule has 8 nitrogen and oxygen atoms in total. The molecule has 2 aromatic rings. The fourth-order valence-corrected chi connectivity index (χ4v) is 2.77. The van der Waals surface area contributed by atoms with E-state index in [-0.39, 0.29) is 22.8 Å². The van der Waals surface area contributed by atoms with Gasteiger partial charge in [-0.2, -0.15) is 4.98 Å². The zero-order valence-electron chi connectivity index (χ0n) is 15.2. The van der Waals surface area contributed by atoms with Gasteiger partial charge in [0.2, 0.25) is 21.8 Å². The van der Waals surface area contributed by atoms with Crippen LogP contribution in [0.2, 0.25) is 0 Å². The van der Waals surface area contributed by atoms with E-state index in [1.54, 1.807) is 12.1 Å². The van der Waals surface area contributed by atoms with E-state index in [1.165, 1.54) is 12.1 Å². The molecular weight excluding hydrogens is 356 g/mol. The molecule has 142 valence electrons. The molecule has 1 aromatic carbocycles. The second-order valence-electron chi connectivity index (χ2n) is 7.08. The molecule has 0 aliphatic heterocycles. The van der Waals surface area contributed by atoms with Gasteiger partial charge in [-0.1, -0.05) is 38.1 Å². The number of aryl methyl sites for hydroxylation is 1. The van der Waals surface area contributed by atoms with Gasteiger partial charge in [0, 0.05) is 24.8 Å². The molecule has 0 unspecified atom stereocenters. The number of hydrogen-bond acceptors (Lipinski definition) is 6. The minimum atomic E-state index is -3.75. The lowest BCUT2D eigenvalue weighted by Gasteiger charge is -2.10. The predicted octanol–water partition coefficient (Wildman–Crippen LogP) is 1.65. The van der Waals surface area contributed by atoms with Crippen molar-refractivity contribution in [2.24, 2.45) is 5.14 Å². The lowest BCUT2D eigenvalue weighted by Crippen LogP contribution is -2.22. The molecule has 0 aliphatic carbocycles. The van der Waals surface area contributed by atoms with Crippen molar-refractivity contribution in [3.05, 3.63) is 41.5 Å². The first-order valence-corrected chi connectivity index (χ1v) is 9.82. The molecule has 0 saturated heterocycles. The molecule has 1 heterocycles. The number of nitrogens with two attached hydrogens (primary N) is 1. The van der Waals surface area contributed by atoms with Crippen molar-refractivity contribution in [1.29, 1.82) is 0 Å². The summed E-state index contributed by atoms with van der Waals surface area (Å²) < 4.78 is 27.9. The second kappa shape index (κ2) is 7.96. The van der Waals surface area contributed by atoms with Crippen molar-refractivity contribution in [2.45, 2.75) is 56.9 Å². The first-order valence-electron chi connectivity index (χ1n) is 8.27. The monoisotopic (exact) mass is 380 g/mol. The standard InChI is InChI=1S/C17H24N4O4S/c1-17(2,3)16-20-15(25-21-16)9-5-8-14(22)19-11-12-6-4-7-13(10-12)26(18,23)24/h4,6-7,10H,5,8-9,11H2,1-3H3,(H,19,22)(H2,18,23,24). The van der Waals surface area contributed by atoms with Crippen LogP contribution in [0.3, 0.4) is 0 Å². The Morgan fingerprint density at radius 2 is 2.04 bits per heavy atom. The summed E-state index contributed by atoms with van der Waals surface area (Å²) in [5.74, 6) is 1.02. The van der Waals surface area contributed by atoms with Crippen LogP contribution in [0.5, 0.6) is 0 Å². The number of hydrogen-bond donors (Lipinski definition) is 2. The van der Waals surface area contributed by atoms with E-state index in [1.807, 2.05) is 20.8 Å². The third kappa shape index (κ3) is 5.92. The second-order valence-corrected chi connectivity index (χ2v) is 8.65. The highest BCUT2D eigenvalue weighted by Crippen LogP contribution is 2.19. The largest absolute Gasteiger partial charge is 0.352 e. The van der Waals surface area contributed by atoms with Crippen molar-refractivity contribution in [3.8, 4) is 0 Å². The normalized spacial score (nSPS) is 12.2. The van der Waals surface area contributed by atoms with Crippen LogP contribution >= 0.6 is 0 Å². The van der Waals surface area contributed by atoms with Gasteiger partial charge >= 0.3 is 0 Å². The molecule has 0 saturated carbocycles. The molecular formula is C17H24N4O4S. The molecule has 3 N–H and O–H groups in total.